The van der Waals surface area contributed by atoms with Gasteiger partial charge in [0.1, 0.15) is 5.69 Å². The largest absolute Gasteiger partial charge is 0.333 e. The van der Waals surface area contributed by atoms with Crippen LogP contribution in [0.1, 0.15) is 27.2 Å². The van der Waals surface area contributed by atoms with Crippen molar-refractivity contribution >= 4 is 6.29 Å². The van der Waals surface area contributed by atoms with Crippen molar-refractivity contribution in [2.24, 2.45) is 7.05 Å². The van der Waals surface area contributed by atoms with Crippen LogP contribution in [0.3, 0.4) is 0 Å². The Morgan fingerprint density at radius 1 is 1.18 bits per heavy atom. The van der Waals surface area contributed by atoms with E-state index in [1.165, 1.54) is 16.7 Å². The summed E-state index contributed by atoms with van der Waals surface area (Å²) in [6, 6.07) is 4.14. The average molecular weight is 228 g/mol. The Morgan fingerprint density at radius 3 is 2.53 bits per heavy atom. The number of nitrogens with zero attached hydrogens (tertiary/aromatic N) is 2. The van der Waals surface area contributed by atoms with Gasteiger partial charge in [-0.05, 0) is 37.5 Å². The molecule has 17 heavy (non-hydrogen) atoms. The van der Waals surface area contributed by atoms with Crippen molar-refractivity contribution in [2.75, 3.05) is 0 Å². The summed E-state index contributed by atoms with van der Waals surface area (Å²) in [5.41, 5.74) is 6.20. The SMILES string of the molecule is Cc1ccc(-c2c(C=O)ncn2C)c(C)c1C. The molecule has 3 nitrogen and oxygen atoms in total. The molecular formula is C14H16N2O. The number of rotatable bonds is 2. The number of hydrogen-bond acceptors (Lipinski definition) is 2. The standard InChI is InChI=1S/C14H16N2O/c1-9-5-6-12(11(3)10(9)2)14-13(7-17)15-8-16(14)4/h5-8H,1-4H3. The minimum absolute atomic E-state index is 0.499. The van der Waals surface area contributed by atoms with Crippen LogP contribution in [-0.4, -0.2) is 15.8 Å². The molecule has 0 amide bonds. The highest BCUT2D eigenvalue weighted by molar-refractivity contribution is 5.85. The van der Waals surface area contributed by atoms with E-state index in [0.717, 1.165) is 17.5 Å². The first-order valence-electron chi connectivity index (χ1n) is 5.60. The lowest BCUT2D eigenvalue weighted by atomic mass is 9.96. The summed E-state index contributed by atoms with van der Waals surface area (Å²) in [5, 5.41) is 0. The molecule has 1 aromatic heterocycles. The average Bonchev–Trinajstić information content (AvgIpc) is 2.68. The third kappa shape index (κ3) is 1.78. The van der Waals surface area contributed by atoms with Crippen LogP contribution in [0.5, 0.6) is 0 Å². The zero-order chi connectivity index (χ0) is 12.6. The third-order valence-electron chi connectivity index (χ3n) is 3.39. The Hall–Kier alpha value is -1.90. The van der Waals surface area contributed by atoms with Crippen molar-refractivity contribution in [1.82, 2.24) is 9.55 Å². The lowest BCUT2D eigenvalue weighted by Gasteiger charge is -2.12. The van der Waals surface area contributed by atoms with Gasteiger partial charge in [0.05, 0.1) is 12.0 Å². The van der Waals surface area contributed by atoms with E-state index >= 15 is 0 Å². The van der Waals surface area contributed by atoms with E-state index in [2.05, 4.69) is 37.9 Å². The smallest absolute Gasteiger partial charge is 0.170 e. The first kappa shape index (κ1) is 11.6. The lowest BCUT2D eigenvalue weighted by molar-refractivity contribution is 0.112. The molecule has 0 atom stereocenters. The molecule has 0 fully saturated rings. The number of hydrogen-bond donors (Lipinski definition) is 0. The summed E-state index contributed by atoms with van der Waals surface area (Å²) < 4.78 is 1.89. The fourth-order valence-corrected chi connectivity index (χ4v) is 2.08. The highest BCUT2D eigenvalue weighted by atomic mass is 16.1. The van der Waals surface area contributed by atoms with Gasteiger partial charge < -0.3 is 4.57 Å². The van der Waals surface area contributed by atoms with E-state index in [4.69, 9.17) is 0 Å². The maximum atomic E-state index is 11.0. The van der Waals surface area contributed by atoms with Gasteiger partial charge in [0.25, 0.3) is 0 Å². The zero-order valence-electron chi connectivity index (χ0n) is 10.6. The molecule has 0 bridgehead atoms. The molecule has 1 heterocycles. The van der Waals surface area contributed by atoms with Crippen molar-refractivity contribution < 1.29 is 4.79 Å². The fourth-order valence-electron chi connectivity index (χ4n) is 2.08. The van der Waals surface area contributed by atoms with Gasteiger partial charge in [-0.1, -0.05) is 12.1 Å². The molecule has 2 aromatic rings. The van der Waals surface area contributed by atoms with Gasteiger partial charge in [-0.15, -0.1) is 0 Å². The maximum absolute atomic E-state index is 11.0. The van der Waals surface area contributed by atoms with E-state index in [1.54, 1.807) is 6.33 Å². The van der Waals surface area contributed by atoms with Crippen molar-refractivity contribution in [3.8, 4) is 11.3 Å². The monoisotopic (exact) mass is 228 g/mol. The van der Waals surface area contributed by atoms with Gasteiger partial charge in [0, 0.05) is 12.6 Å². The molecule has 0 aliphatic rings. The summed E-state index contributed by atoms with van der Waals surface area (Å²) in [4.78, 5) is 15.1. The Balaban J connectivity index is 2.73. The van der Waals surface area contributed by atoms with Gasteiger partial charge in [0.2, 0.25) is 0 Å². The second-order valence-corrected chi connectivity index (χ2v) is 4.39. The summed E-state index contributed by atoms with van der Waals surface area (Å²) in [7, 11) is 1.91. The zero-order valence-corrected chi connectivity index (χ0v) is 10.6. The molecular weight excluding hydrogens is 212 g/mol. The molecule has 0 N–H and O–H groups in total. The number of carbonyl (C=O) groups is 1. The van der Waals surface area contributed by atoms with E-state index in [-0.39, 0.29) is 0 Å². The molecule has 0 spiro atoms. The van der Waals surface area contributed by atoms with Crippen LogP contribution < -0.4 is 0 Å². The van der Waals surface area contributed by atoms with Crippen LogP contribution in [0, 0.1) is 20.8 Å². The molecule has 2 rings (SSSR count). The second-order valence-electron chi connectivity index (χ2n) is 4.39. The normalized spacial score (nSPS) is 10.6. The first-order valence-corrected chi connectivity index (χ1v) is 5.60. The molecule has 0 saturated carbocycles. The molecule has 0 unspecified atom stereocenters. The Bertz CT molecular complexity index is 582. The van der Waals surface area contributed by atoms with Crippen LogP contribution in [0.15, 0.2) is 18.5 Å². The quantitative estimate of drug-likeness (QED) is 0.741. The fraction of sp³-hybridized carbons (Fsp3) is 0.286. The molecule has 88 valence electrons. The summed E-state index contributed by atoms with van der Waals surface area (Å²) in [6.45, 7) is 6.28. The third-order valence-corrected chi connectivity index (χ3v) is 3.39. The van der Waals surface area contributed by atoms with E-state index < -0.39 is 0 Å². The van der Waals surface area contributed by atoms with Gasteiger partial charge in [-0.25, -0.2) is 4.98 Å². The summed E-state index contributed by atoms with van der Waals surface area (Å²) >= 11 is 0. The molecule has 0 aliphatic carbocycles. The highest BCUT2D eigenvalue weighted by Crippen LogP contribution is 2.28. The number of aromatic nitrogens is 2. The molecule has 0 aliphatic heterocycles. The second kappa shape index (κ2) is 4.17. The van der Waals surface area contributed by atoms with E-state index in [9.17, 15) is 4.79 Å². The van der Waals surface area contributed by atoms with Crippen molar-refractivity contribution in [2.45, 2.75) is 20.8 Å². The number of imidazole rings is 1. The maximum Gasteiger partial charge on any atom is 0.170 e. The van der Waals surface area contributed by atoms with Crippen molar-refractivity contribution in [3.63, 3.8) is 0 Å². The van der Waals surface area contributed by atoms with Gasteiger partial charge in [-0.3, -0.25) is 4.79 Å². The van der Waals surface area contributed by atoms with Gasteiger partial charge in [0.15, 0.2) is 6.29 Å². The van der Waals surface area contributed by atoms with Gasteiger partial charge in [-0.2, -0.15) is 0 Å². The number of carbonyl (C=O) groups excluding carboxylic acids is 1. The first-order chi connectivity index (χ1) is 8.06. The minimum Gasteiger partial charge on any atom is -0.333 e. The number of benzene rings is 1. The van der Waals surface area contributed by atoms with Crippen LogP contribution in [-0.2, 0) is 7.05 Å². The number of aldehydes is 1. The van der Waals surface area contributed by atoms with Crippen molar-refractivity contribution in [1.29, 1.82) is 0 Å². The molecule has 1 aromatic carbocycles. The molecule has 0 saturated heterocycles. The minimum atomic E-state index is 0.499. The van der Waals surface area contributed by atoms with Crippen molar-refractivity contribution in [3.05, 3.63) is 40.8 Å². The Kier molecular flexibility index (Phi) is 2.84. The Morgan fingerprint density at radius 2 is 1.88 bits per heavy atom. The Labute approximate surface area is 101 Å². The number of aryl methyl sites for hydroxylation is 2. The van der Waals surface area contributed by atoms with Gasteiger partial charge >= 0.3 is 0 Å². The lowest BCUT2D eigenvalue weighted by Crippen LogP contribution is -1.98. The highest BCUT2D eigenvalue weighted by Gasteiger charge is 2.14. The van der Waals surface area contributed by atoms with Crippen LogP contribution >= 0.6 is 0 Å². The molecule has 0 radical (unpaired) electrons. The summed E-state index contributed by atoms with van der Waals surface area (Å²) in [6.07, 6.45) is 2.48. The van der Waals surface area contributed by atoms with Crippen LogP contribution in [0.4, 0.5) is 0 Å². The predicted molar refractivity (Wildman–Crippen MR) is 68.2 cm³/mol. The van der Waals surface area contributed by atoms with Crippen LogP contribution in [0.2, 0.25) is 0 Å². The summed E-state index contributed by atoms with van der Waals surface area (Å²) in [5.74, 6) is 0. The van der Waals surface area contributed by atoms with E-state index in [0.29, 0.717) is 5.69 Å². The molecule has 3 heteroatoms. The van der Waals surface area contributed by atoms with Crippen LogP contribution in [0.25, 0.3) is 11.3 Å². The topological polar surface area (TPSA) is 34.9 Å². The predicted octanol–water partition coefficient (Wildman–Crippen LogP) is 2.82. The van der Waals surface area contributed by atoms with E-state index in [1.807, 2.05) is 11.6 Å².